The number of ether oxygens (including phenoxy) is 2. The highest BCUT2D eigenvalue weighted by Gasteiger charge is 2.48. The van der Waals surface area contributed by atoms with Crippen LogP contribution < -0.4 is 8.92 Å². The average Bonchev–Trinajstić information content (AvgIpc) is 3.39. The highest BCUT2D eigenvalue weighted by Crippen LogP contribution is 2.41. The molecule has 164 valence electrons. The number of carbonyl (C=O) groups is 1. The van der Waals surface area contributed by atoms with Gasteiger partial charge in [0.05, 0.1) is 13.0 Å². The molecule has 0 radical (unpaired) electrons. The van der Waals surface area contributed by atoms with Gasteiger partial charge in [-0.3, -0.25) is 4.79 Å². The smallest absolute Gasteiger partial charge is 0.484 e. The van der Waals surface area contributed by atoms with E-state index in [1.807, 2.05) is 0 Å². The molecule has 1 atom stereocenters. The highest BCUT2D eigenvalue weighted by molar-refractivity contribution is 7.88. The van der Waals surface area contributed by atoms with Gasteiger partial charge in [-0.25, -0.2) is 0 Å². The molecule has 1 unspecified atom stereocenters. The lowest BCUT2D eigenvalue weighted by molar-refractivity contribution is -0.153. The van der Waals surface area contributed by atoms with Gasteiger partial charge >= 0.3 is 27.8 Å². The Kier molecular flexibility index (Phi) is 6.60. The quantitative estimate of drug-likeness (QED) is 0.259. The molecule has 1 aliphatic rings. The van der Waals surface area contributed by atoms with Crippen LogP contribution >= 0.6 is 0 Å². The van der Waals surface area contributed by atoms with E-state index in [2.05, 4.69) is 13.7 Å². The minimum Gasteiger partial charge on any atom is -0.484 e. The van der Waals surface area contributed by atoms with Crippen LogP contribution in [0.15, 0.2) is 18.2 Å². The van der Waals surface area contributed by atoms with Crippen LogP contribution in [0.2, 0.25) is 0 Å². The Hall–Kier alpha value is -2.18. The summed E-state index contributed by atoms with van der Waals surface area (Å²) < 4.78 is 111. The number of esters is 1. The number of carbonyl (C=O) groups excluding carboxylic acids is 1. The highest BCUT2D eigenvalue weighted by atomic mass is 32.2. The van der Waals surface area contributed by atoms with E-state index in [4.69, 9.17) is 0 Å². The molecule has 29 heavy (non-hydrogen) atoms. The lowest BCUT2D eigenvalue weighted by Crippen LogP contribution is -2.28. The van der Waals surface area contributed by atoms with E-state index >= 15 is 0 Å². The molecule has 1 aliphatic carbocycles. The third kappa shape index (κ3) is 6.68. The van der Waals surface area contributed by atoms with Gasteiger partial charge in [-0.1, -0.05) is 12.8 Å². The monoisotopic (exact) mass is 450 g/mol. The largest absolute Gasteiger partial charge is 0.534 e. The van der Waals surface area contributed by atoms with Crippen molar-refractivity contribution in [2.45, 2.75) is 36.9 Å². The zero-order chi connectivity index (χ0) is 22.0. The predicted molar refractivity (Wildman–Crippen MR) is 85.7 cm³/mol. The maximum absolute atomic E-state index is 12.6. The maximum atomic E-state index is 12.6. The van der Waals surface area contributed by atoms with Gasteiger partial charge < -0.3 is 13.7 Å². The van der Waals surface area contributed by atoms with Crippen LogP contribution in [0.5, 0.6) is 11.5 Å². The minimum atomic E-state index is -6.08. The van der Waals surface area contributed by atoms with Crippen molar-refractivity contribution in [1.29, 1.82) is 0 Å². The Morgan fingerprint density at radius 3 is 2.17 bits per heavy atom. The van der Waals surface area contributed by atoms with Crippen LogP contribution in [-0.2, 0) is 19.6 Å². The molecule has 0 heterocycles. The molecule has 1 aromatic carbocycles. The summed E-state index contributed by atoms with van der Waals surface area (Å²) in [6.07, 6.45) is -2.95. The summed E-state index contributed by atoms with van der Waals surface area (Å²) in [6, 6.07) is 2.39. The van der Waals surface area contributed by atoms with E-state index in [1.54, 1.807) is 0 Å². The Morgan fingerprint density at radius 2 is 1.69 bits per heavy atom. The molecular formula is C16H16F6O6S. The lowest BCUT2D eigenvalue weighted by atomic mass is 9.93. The summed E-state index contributed by atoms with van der Waals surface area (Å²) in [4.78, 5) is 12.1. The first kappa shape index (κ1) is 23.1. The molecule has 0 amide bonds. The van der Waals surface area contributed by atoms with Gasteiger partial charge in [-0.15, -0.1) is 0 Å². The first-order valence-corrected chi connectivity index (χ1v) is 9.56. The molecule has 1 fully saturated rings. The fraction of sp³-hybridized carbons (Fsp3) is 0.562. The minimum absolute atomic E-state index is 0.0872. The van der Waals surface area contributed by atoms with E-state index in [0.717, 1.165) is 32.1 Å². The van der Waals surface area contributed by atoms with E-state index in [1.165, 1.54) is 0 Å². The zero-order valence-electron chi connectivity index (χ0n) is 14.8. The van der Waals surface area contributed by atoms with Crippen LogP contribution in [-0.4, -0.2) is 39.8 Å². The summed E-state index contributed by atoms with van der Waals surface area (Å²) in [5, 5.41) is 0. The number of hydrogen-bond acceptors (Lipinski definition) is 6. The molecule has 13 heteroatoms. The summed E-state index contributed by atoms with van der Waals surface area (Å²) in [5.74, 6) is -3.26. The number of rotatable bonds is 8. The Labute approximate surface area is 161 Å². The molecular weight excluding hydrogens is 434 g/mol. The van der Waals surface area contributed by atoms with Crippen LogP contribution in [0.3, 0.4) is 0 Å². The van der Waals surface area contributed by atoms with Gasteiger partial charge in [0, 0.05) is 6.07 Å². The van der Waals surface area contributed by atoms with Gasteiger partial charge in [0.2, 0.25) is 0 Å². The van der Waals surface area contributed by atoms with Crippen molar-refractivity contribution in [2.75, 3.05) is 13.7 Å². The number of alkyl halides is 6. The van der Waals surface area contributed by atoms with Gasteiger partial charge in [-0.05, 0) is 30.0 Å². The third-order valence-corrected chi connectivity index (χ3v) is 4.93. The summed E-state index contributed by atoms with van der Waals surface area (Å²) in [5.41, 5.74) is -5.85. The molecule has 0 saturated heterocycles. The topological polar surface area (TPSA) is 78.9 Å². The molecule has 0 N–H and O–H groups in total. The maximum Gasteiger partial charge on any atom is 0.534 e. The van der Waals surface area contributed by atoms with Gasteiger partial charge in [0.25, 0.3) is 0 Å². The summed E-state index contributed by atoms with van der Waals surface area (Å²) in [6.45, 7) is -1.78. The standard InChI is InChI=1S/C16H16F6O6S/c1-26-14(23)13(4-9-2-3-9)10-5-11(27-8-15(17,18)19)7-12(6-10)28-29(24,25)16(20,21)22/h5-7,9,13H,2-4,8H2,1H3. The molecule has 0 spiro atoms. The van der Waals surface area contributed by atoms with Crippen molar-refractivity contribution in [3.63, 3.8) is 0 Å². The fourth-order valence-corrected chi connectivity index (χ4v) is 2.91. The number of benzene rings is 1. The van der Waals surface area contributed by atoms with Crippen LogP contribution in [0.4, 0.5) is 26.3 Å². The fourth-order valence-electron chi connectivity index (χ4n) is 2.46. The van der Waals surface area contributed by atoms with Crippen molar-refractivity contribution in [1.82, 2.24) is 0 Å². The Balaban J connectivity index is 2.43. The second-order valence-electron chi connectivity index (χ2n) is 6.38. The van der Waals surface area contributed by atoms with Crippen molar-refractivity contribution in [3.8, 4) is 11.5 Å². The van der Waals surface area contributed by atoms with E-state index in [9.17, 15) is 39.6 Å². The van der Waals surface area contributed by atoms with Gasteiger partial charge in [0.15, 0.2) is 6.61 Å². The predicted octanol–water partition coefficient (Wildman–Crippen LogP) is 3.91. The number of methoxy groups -OCH3 is 1. The summed E-state index contributed by atoms with van der Waals surface area (Å²) >= 11 is 0. The molecule has 6 nitrogen and oxygen atoms in total. The second kappa shape index (κ2) is 8.28. The molecule has 2 rings (SSSR count). The number of hydrogen-bond donors (Lipinski definition) is 0. The molecule has 1 saturated carbocycles. The summed E-state index contributed by atoms with van der Waals surface area (Å²) in [7, 11) is -5.02. The normalized spacial score (nSPS) is 16.2. The lowest BCUT2D eigenvalue weighted by Gasteiger charge is -2.18. The Morgan fingerprint density at radius 1 is 1.10 bits per heavy atom. The van der Waals surface area contributed by atoms with Gasteiger partial charge in [-0.2, -0.15) is 34.8 Å². The van der Waals surface area contributed by atoms with Crippen LogP contribution in [0.25, 0.3) is 0 Å². The van der Waals surface area contributed by atoms with Crippen LogP contribution in [0, 0.1) is 5.92 Å². The number of halogens is 6. The van der Waals surface area contributed by atoms with Gasteiger partial charge in [0.1, 0.15) is 11.5 Å². The molecule has 1 aromatic rings. The first-order valence-electron chi connectivity index (χ1n) is 8.15. The van der Waals surface area contributed by atoms with E-state index in [0.29, 0.717) is 6.07 Å². The van der Waals surface area contributed by atoms with E-state index < -0.39 is 51.8 Å². The van der Waals surface area contributed by atoms with Crippen LogP contribution in [0.1, 0.15) is 30.7 Å². The average molecular weight is 450 g/mol. The Bertz CT molecular complexity index is 844. The molecule has 0 aliphatic heterocycles. The molecule has 0 aromatic heterocycles. The second-order valence-corrected chi connectivity index (χ2v) is 7.92. The van der Waals surface area contributed by atoms with E-state index in [-0.39, 0.29) is 17.9 Å². The van der Waals surface area contributed by atoms with Crippen molar-refractivity contribution in [2.24, 2.45) is 5.92 Å². The molecule has 0 bridgehead atoms. The van der Waals surface area contributed by atoms with Crippen molar-refractivity contribution in [3.05, 3.63) is 23.8 Å². The first-order chi connectivity index (χ1) is 13.2. The third-order valence-electron chi connectivity index (χ3n) is 3.95. The van der Waals surface area contributed by atoms with Crippen molar-refractivity contribution >= 4 is 16.1 Å². The SMILES string of the molecule is COC(=O)C(CC1CC1)c1cc(OCC(F)(F)F)cc(OS(=O)(=O)C(F)(F)F)c1. The van der Waals surface area contributed by atoms with Crippen molar-refractivity contribution < 1.29 is 53.2 Å². The zero-order valence-corrected chi connectivity index (χ0v) is 15.7.